The van der Waals surface area contributed by atoms with Crippen molar-refractivity contribution in [1.29, 1.82) is 0 Å². The molecule has 0 radical (unpaired) electrons. The molecule has 0 saturated carbocycles. The molecule has 4 amide bonds. The fourth-order valence-corrected chi connectivity index (χ4v) is 3.23. The Bertz CT molecular complexity index is 856. The number of rotatable bonds is 5. The van der Waals surface area contributed by atoms with Crippen LogP contribution >= 0.6 is 15.9 Å². The molecule has 6 nitrogen and oxygen atoms in total. The van der Waals surface area contributed by atoms with Crippen molar-refractivity contribution < 1.29 is 14.4 Å². The number of hydrogen-bond acceptors (Lipinski definition) is 3. The van der Waals surface area contributed by atoms with Crippen LogP contribution < -0.4 is 10.6 Å². The molecule has 0 bridgehead atoms. The van der Waals surface area contributed by atoms with Crippen LogP contribution in [0.4, 0.5) is 4.79 Å². The van der Waals surface area contributed by atoms with E-state index < -0.39 is 23.4 Å². The number of amides is 4. The van der Waals surface area contributed by atoms with Crippen LogP contribution in [0, 0.1) is 0 Å². The number of halogens is 1. The first-order valence-electron chi connectivity index (χ1n) is 8.11. The van der Waals surface area contributed by atoms with Crippen molar-refractivity contribution in [3.63, 3.8) is 0 Å². The lowest BCUT2D eigenvalue weighted by atomic mass is 9.92. The molecular weight excluding hydrogens is 398 g/mol. The van der Waals surface area contributed by atoms with Gasteiger partial charge in [-0.25, -0.2) is 4.79 Å². The smallest absolute Gasteiger partial charge is 0.325 e. The second-order valence-corrected chi connectivity index (χ2v) is 7.13. The van der Waals surface area contributed by atoms with Gasteiger partial charge in [-0.15, -0.1) is 0 Å². The van der Waals surface area contributed by atoms with Gasteiger partial charge in [0.1, 0.15) is 12.1 Å². The zero-order chi connectivity index (χ0) is 18.7. The Morgan fingerprint density at radius 2 is 1.88 bits per heavy atom. The van der Waals surface area contributed by atoms with Crippen molar-refractivity contribution in [3.05, 3.63) is 70.2 Å². The molecule has 3 rings (SSSR count). The van der Waals surface area contributed by atoms with Gasteiger partial charge in [-0.1, -0.05) is 58.4 Å². The first kappa shape index (κ1) is 18.1. The third-order valence-electron chi connectivity index (χ3n) is 4.31. The Hall–Kier alpha value is -2.67. The van der Waals surface area contributed by atoms with Gasteiger partial charge in [0.25, 0.3) is 5.91 Å². The number of urea groups is 1. The van der Waals surface area contributed by atoms with E-state index in [9.17, 15) is 14.4 Å². The Morgan fingerprint density at radius 3 is 2.58 bits per heavy atom. The average molecular weight is 416 g/mol. The molecule has 0 spiro atoms. The van der Waals surface area contributed by atoms with Gasteiger partial charge in [0.2, 0.25) is 5.91 Å². The van der Waals surface area contributed by atoms with Gasteiger partial charge >= 0.3 is 6.03 Å². The second-order valence-electron chi connectivity index (χ2n) is 6.22. The standard InChI is InChI=1S/C19H18BrN3O3/c1-19(14-8-5-9-15(20)10-14)17(25)23(18(26)22-19)12-16(24)21-11-13-6-3-2-4-7-13/h2-10H,11-12H2,1H3,(H,21,24)(H,22,26)/t19-/m1/s1. The van der Waals surface area contributed by atoms with Gasteiger partial charge in [0.05, 0.1) is 0 Å². The van der Waals surface area contributed by atoms with E-state index >= 15 is 0 Å². The van der Waals surface area contributed by atoms with Gasteiger partial charge < -0.3 is 10.6 Å². The Balaban J connectivity index is 1.68. The predicted molar refractivity (Wildman–Crippen MR) is 100 cm³/mol. The van der Waals surface area contributed by atoms with E-state index in [-0.39, 0.29) is 6.54 Å². The number of hydrogen-bond donors (Lipinski definition) is 2. The fourth-order valence-electron chi connectivity index (χ4n) is 2.83. The zero-order valence-electron chi connectivity index (χ0n) is 14.2. The SMILES string of the molecule is C[C@]1(c2cccc(Br)c2)NC(=O)N(CC(=O)NCc2ccccc2)C1=O. The monoisotopic (exact) mass is 415 g/mol. The van der Waals surface area contributed by atoms with Crippen molar-refractivity contribution in [2.24, 2.45) is 0 Å². The molecule has 0 unspecified atom stereocenters. The molecule has 0 aromatic heterocycles. The molecule has 134 valence electrons. The van der Waals surface area contributed by atoms with Gasteiger partial charge in [0.15, 0.2) is 0 Å². The van der Waals surface area contributed by atoms with E-state index in [0.717, 1.165) is 14.9 Å². The van der Waals surface area contributed by atoms with Crippen molar-refractivity contribution in [2.45, 2.75) is 19.0 Å². The van der Waals surface area contributed by atoms with E-state index in [4.69, 9.17) is 0 Å². The molecule has 2 aromatic carbocycles. The van der Waals surface area contributed by atoms with Crippen molar-refractivity contribution in [1.82, 2.24) is 15.5 Å². The van der Waals surface area contributed by atoms with Crippen LogP contribution in [0.3, 0.4) is 0 Å². The van der Waals surface area contributed by atoms with E-state index in [1.165, 1.54) is 0 Å². The number of imide groups is 1. The zero-order valence-corrected chi connectivity index (χ0v) is 15.7. The van der Waals surface area contributed by atoms with Crippen LogP contribution in [0.15, 0.2) is 59.1 Å². The van der Waals surface area contributed by atoms with E-state index in [1.54, 1.807) is 25.1 Å². The summed E-state index contributed by atoms with van der Waals surface area (Å²) in [5, 5.41) is 5.41. The van der Waals surface area contributed by atoms with E-state index in [2.05, 4.69) is 26.6 Å². The summed E-state index contributed by atoms with van der Waals surface area (Å²) in [4.78, 5) is 38.2. The van der Waals surface area contributed by atoms with Crippen LogP contribution in [-0.2, 0) is 21.7 Å². The molecule has 2 aromatic rings. The maximum absolute atomic E-state index is 12.8. The molecule has 1 atom stereocenters. The van der Waals surface area contributed by atoms with Crippen LogP contribution in [0.25, 0.3) is 0 Å². The minimum absolute atomic E-state index is 0.318. The lowest BCUT2D eigenvalue weighted by Crippen LogP contribution is -2.43. The molecule has 1 fully saturated rings. The summed E-state index contributed by atoms with van der Waals surface area (Å²) in [5.74, 6) is -0.841. The molecule has 1 aliphatic heterocycles. The Labute approximate surface area is 159 Å². The predicted octanol–water partition coefficient (Wildman–Crippen LogP) is 2.53. The summed E-state index contributed by atoms with van der Waals surface area (Å²) < 4.78 is 0.803. The first-order valence-corrected chi connectivity index (χ1v) is 8.90. The first-order chi connectivity index (χ1) is 12.4. The number of carbonyl (C=O) groups is 3. The van der Waals surface area contributed by atoms with Gasteiger partial charge in [0, 0.05) is 11.0 Å². The summed E-state index contributed by atoms with van der Waals surface area (Å²) in [5.41, 5.74) is 0.398. The number of nitrogens with one attached hydrogen (secondary N) is 2. The summed E-state index contributed by atoms with van der Waals surface area (Å²) in [6, 6.07) is 16.0. The molecule has 26 heavy (non-hydrogen) atoms. The highest BCUT2D eigenvalue weighted by molar-refractivity contribution is 9.10. The Morgan fingerprint density at radius 1 is 1.15 bits per heavy atom. The second kappa shape index (κ2) is 7.29. The third kappa shape index (κ3) is 3.62. The van der Waals surface area contributed by atoms with E-state index in [0.29, 0.717) is 12.1 Å². The van der Waals surface area contributed by atoms with Crippen LogP contribution in [0.1, 0.15) is 18.1 Å². The number of carbonyl (C=O) groups excluding carboxylic acids is 3. The molecule has 7 heteroatoms. The summed E-state index contributed by atoms with van der Waals surface area (Å²) in [7, 11) is 0. The molecule has 1 heterocycles. The molecular formula is C19H18BrN3O3. The summed E-state index contributed by atoms with van der Waals surface area (Å²) >= 11 is 3.36. The average Bonchev–Trinajstić information content (AvgIpc) is 2.85. The lowest BCUT2D eigenvalue weighted by Gasteiger charge is -2.22. The normalized spacial score (nSPS) is 19.4. The van der Waals surface area contributed by atoms with Gasteiger partial charge in [-0.3, -0.25) is 14.5 Å². The van der Waals surface area contributed by atoms with Crippen molar-refractivity contribution in [3.8, 4) is 0 Å². The largest absolute Gasteiger partial charge is 0.350 e. The van der Waals surface area contributed by atoms with Gasteiger partial charge in [-0.05, 0) is 30.2 Å². The number of benzene rings is 2. The summed E-state index contributed by atoms with van der Waals surface area (Å²) in [6.45, 7) is 1.66. The lowest BCUT2D eigenvalue weighted by molar-refractivity contribution is -0.134. The molecule has 2 N–H and O–H groups in total. The minimum atomic E-state index is -1.19. The van der Waals surface area contributed by atoms with E-state index in [1.807, 2.05) is 36.4 Å². The van der Waals surface area contributed by atoms with Crippen molar-refractivity contribution >= 4 is 33.8 Å². The maximum Gasteiger partial charge on any atom is 0.325 e. The molecule has 1 aliphatic rings. The molecule has 0 aliphatic carbocycles. The summed E-state index contributed by atoms with van der Waals surface area (Å²) in [6.07, 6.45) is 0. The Kier molecular flexibility index (Phi) is 5.08. The highest BCUT2D eigenvalue weighted by Gasteiger charge is 2.49. The maximum atomic E-state index is 12.8. The highest BCUT2D eigenvalue weighted by Crippen LogP contribution is 2.30. The van der Waals surface area contributed by atoms with Crippen molar-refractivity contribution in [2.75, 3.05) is 6.54 Å². The fraction of sp³-hybridized carbons (Fsp3) is 0.211. The van der Waals surface area contributed by atoms with Crippen LogP contribution in [0.5, 0.6) is 0 Å². The van der Waals surface area contributed by atoms with Crippen LogP contribution in [0.2, 0.25) is 0 Å². The quantitative estimate of drug-likeness (QED) is 0.736. The highest BCUT2D eigenvalue weighted by atomic mass is 79.9. The molecule has 1 saturated heterocycles. The van der Waals surface area contributed by atoms with Gasteiger partial charge in [-0.2, -0.15) is 0 Å². The topological polar surface area (TPSA) is 78.5 Å². The van der Waals surface area contributed by atoms with Crippen LogP contribution in [-0.4, -0.2) is 29.3 Å². The number of nitrogens with zero attached hydrogens (tertiary/aromatic N) is 1. The minimum Gasteiger partial charge on any atom is -0.350 e. The third-order valence-corrected chi connectivity index (χ3v) is 4.80.